The molecule has 3 N–H and O–H groups in total. The second-order valence-electron chi connectivity index (χ2n) is 5.87. The van der Waals surface area contributed by atoms with Crippen LogP contribution in [-0.4, -0.2) is 32.5 Å². The third-order valence-corrected chi connectivity index (χ3v) is 5.10. The van der Waals surface area contributed by atoms with Crippen LogP contribution in [0.5, 0.6) is 0 Å². The molecule has 0 amide bonds. The first kappa shape index (κ1) is 17.2. The Morgan fingerprint density at radius 3 is 2.52 bits per heavy atom. The molecule has 0 saturated carbocycles. The molecule has 2 aromatic rings. The van der Waals surface area contributed by atoms with Crippen LogP contribution in [0.2, 0.25) is 0 Å². The molecule has 8 nitrogen and oxygen atoms in total. The highest BCUT2D eigenvalue weighted by atomic mass is 32.2. The van der Waals surface area contributed by atoms with Crippen LogP contribution in [-0.2, 0) is 10.0 Å². The maximum atomic E-state index is 11.6. The number of nitrogens with two attached hydrogens (primary N) is 1. The molecule has 25 heavy (non-hydrogen) atoms. The van der Waals surface area contributed by atoms with Crippen molar-refractivity contribution in [1.82, 2.24) is 0 Å². The zero-order valence-electron chi connectivity index (χ0n) is 13.3. The summed E-state index contributed by atoms with van der Waals surface area (Å²) in [5.74, 6) is 0. The molecule has 0 aliphatic carbocycles. The number of nitro benzene ring substituents is 1. The average molecular weight is 362 g/mol. The van der Waals surface area contributed by atoms with E-state index in [0.717, 1.165) is 24.7 Å². The molecule has 9 heteroatoms. The molecule has 1 aliphatic heterocycles. The largest absolute Gasteiger partial charge is 0.375 e. The fraction of sp³-hybridized carbons (Fsp3) is 0.250. The minimum atomic E-state index is -4.18. The van der Waals surface area contributed by atoms with E-state index in [1.165, 1.54) is 12.1 Å². The lowest BCUT2D eigenvalue weighted by molar-refractivity contribution is -0.386. The van der Waals surface area contributed by atoms with Gasteiger partial charge in [-0.05, 0) is 30.7 Å². The fourth-order valence-corrected chi connectivity index (χ4v) is 3.75. The van der Waals surface area contributed by atoms with Crippen LogP contribution >= 0.6 is 0 Å². The summed E-state index contributed by atoms with van der Waals surface area (Å²) in [5.41, 5.74) is 0.735. The van der Waals surface area contributed by atoms with Gasteiger partial charge in [0.1, 0.15) is 5.69 Å². The Labute approximate surface area is 145 Å². The Kier molecular flexibility index (Phi) is 4.60. The number of para-hydroxylation sites is 2. The molecule has 2 aromatic carbocycles. The van der Waals surface area contributed by atoms with Gasteiger partial charge < -0.3 is 10.2 Å². The van der Waals surface area contributed by atoms with Crippen molar-refractivity contribution in [2.24, 2.45) is 5.14 Å². The summed E-state index contributed by atoms with van der Waals surface area (Å²) < 4.78 is 23.2. The number of rotatable bonds is 5. The lowest BCUT2D eigenvalue weighted by Crippen LogP contribution is -2.26. The molecule has 3 rings (SSSR count). The number of nitrogens with one attached hydrogen (secondary N) is 1. The Bertz CT molecular complexity index is 886. The van der Waals surface area contributed by atoms with Crippen LogP contribution in [0.25, 0.3) is 0 Å². The van der Waals surface area contributed by atoms with Gasteiger partial charge in [-0.25, -0.2) is 13.6 Å². The zero-order chi connectivity index (χ0) is 18.0. The van der Waals surface area contributed by atoms with Gasteiger partial charge in [-0.2, -0.15) is 0 Å². The predicted molar refractivity (Wildman–Crippen MR) is 95.2 cm³/mol. The highest BCUT2D eigenvalue weighted by molar-refractivity contribution is 7.89. The van der Waals surface area contributed by atoms with E-state index in [0.29, 0.717) is 6.54 Å². The van der Waals surface area contributed by atoms with Gasteiger partial charge in [0.2, 0.25) is 10.0 Å². The van der Waals surface area contributed by atoms with Crippen LogP contribution in [0, 0.1) is 10.1 Å². The second kappa shape index (κ2) is 6.69. The van der Waals surface area contributed by atoms with Gasteiger partial charge in [0.05, 0.1) is 4.92 Å². The molecular weight excluding hydrogens is 344 g/mol. The van der Waals surface area contributed by atoms with Gasteiger partial charge >= 0.3 is 5.69 Å². The monoisotopic (exact) mass is 362 g/mol. The number of benzene rings is 2. The smallest absolute Gasteiger partial charge is 0.312 e. The van der Waals surface area contributed by atoms with Gasteiger partial charge in [-0.15, -0.1) is 0 Å². The number of nitro groups is 1. The van der Waals surface area contributed by atoms with Crippen LogP contribution in [0.1, 0.15) is 6.42 Å². The summed E-state index contributed by atoms with van der Waals surface area (Å²) in [4.78, 5) is 12.4. The number of anilines is 2. The number of hydrogen-bond donors (Lipinski definition) is 2. The molecule has 0 bridgehead atoms. The summed E-state index contributed by atoms with van der Waals surface area (Å²) in [7, 11) is -4.18. The normalized spacial score (nSPS) is 17.5. The summed E-state index contributed by atoms with van der Waals surface area (Å²) in [5, 5.41) is 19.6. The summed E-state index contributed by atoms with van der Waals surface area (Å²) in [6, 6.07) is 13.9. The molecule has 1 fully saturated rings. The topological polar surface area (TPSA) is 119 Å². The quantitative estimate of drug-likeness (QED) is 0.620. The van der Waals surface area contributed by atoms with Crippen LogP contribution < -0.4 is 15.4 Å². The van der Waals surface area contributed by atoms with E-state index in [9.17, 15) is 18.5 Å². The van der Waals surface area contributed by atoms with E-state index < -0.39 is 25.5 Å². The first-order valence-corrected chi connectivity index (χ1v) is 9.27. The van der Waals surface area contributed by atoms with E-state index in [1.807, 2.05) is 30.3 Å². The first-order chi connectivity index (χ1) is 11.9. The Morgan fingerprint density at radius 2 is 1.88 bits per heavy atom. The first-order valence-electron chi connectivity index (χ1n) is 7.73. The van der Waals surface area contributed by atoms with Crippen molar-refractivity contribution in [2.75, 3.05) is 23.3 Å². The standard InChI is InChI=1S/C16H18N4O4S/c17-25(23,24)15-8-4-7-14(16(15)20(21)22)18-12-9-10-19(11-12)13-5-2-1-3-6-13/h1-8,12,18H,9-11H2,(H2,17,23,24). The summed E-state index contributed by atoms with van der Waals surface area (Å²) in [6.45, 7) is 1.48. The van der Waals surface area contributed by atoms with Crippen molar-refractivity contribution in [3.8, 4) is 0 Å². The van der Waals surface area contributed by atoms with Gasteiger partial charge in [0.15, 0.2) is 4.90 Å². The van der Waals surface area contributed by atoms with E-state index in [1.54, 1.807) is 0 Å². The second-order valence-corrected chi connectivity index (χ2v) is 7.40. The third kappa shape index (κ3) is 3.72. The van der Waals surface area contributed by atoms with E-state index in [4.69, 9.17) is 5.14 Å². The summed E-state index contributed by atoms with van der Waals surface area (Å²) in [6.07, 6.45) is 0.783. The van der Waals surface area contributed by atoms with Crippen LogP contribution in [0.15, 0.2) is 53.4 Å². The van der Waals surface area contributed by atoms with Crippen molar-refractivity contribution in [2.45, 2.75) is 17.4 Å². The van der Waals surface area contributed by atoms with Crippen LogP contribution in [0.4, 0.5) is 17.1 Å². The Balaban J connectivity index is 1.83. The lowest BCUT2D eigenvalue weighted by atomic mass is 10.2. The van der Waals surface area contributed by atoms with Gasteiger partial charge in [0.25, 0.3) is 0 Å². The Hall–Kier alpha value is -2.65. The molecule has 1 heterocycles. The average Bonchev–Trinajstić information content (AvgIpc) is 3.03. The van der Waals surface area contributed by atoms with E-state index in [2.05, 4.69) is 10.2 Å². The maximum Gasteiger partial charge on any atom is 0.312 e. The molecule has 0 spiro atoms. The number of hydrogen-bond acceptors (Lipinski definition) is 6. The van der Waals surface area contributed by atoms with Crippen molar-refractivity contribution in [3.05, 3.63) is 58.6 Å². The van der Waals surface area contributed by atoms with Gasteiger partial charge in [0, 0.05) is 24.8 Å². The SMILES string of the molecule is NS(=O)(=O)c1cccc(NC2CCN(c3ccccc3)C2)c1[N+](=O)[O-]. The predicted octanol–water partition coefficient (Wildman–Crippen LogP) is 1.93. The molecule has 1 unspecified atom stereocenters. The highest BCUT2D eigenvalue weighted by Crippen LogP contribution is 2.33. The third-order valence-electron chi connectivity index (χ3n) is 4.16. The van der Waals surface area contributed by atoms with Crippen LogP contribution in [0.3, 0.4) is 0 Å². The molecular formula is C16H18N4O4S. The molecule has 0 aromatic heterocycles. The summed E-state index contributed by atoms with van der Waals surface area (Å²) >= 11 is 0. The zero-order valence-corrected chi connectivity index (χ0v) is 14.1. The number of nitrogens with zero attached hydrogens (tertiary/aromatic N) is 2. The number of sulfonamides is 1. The van der Waals surface area contributed by atoms with Gasteiger partial charge in [-0.3, -0.25) is 10.1 Å². The van der Waals surface area contributed by atoms with Crippen molar-refractivity contribution < 1.29 is 13.3 Å². The minimum Gasteiger partial charge on any atom is -0.375 e. The molecule has 1 saturated heterocycles. The molecule has 1 atom stereocenters. The minimum absolute atomic E-state index is 0.0327. The fourth-order valence-electron chi connectivity index (χ4n) is 3.03. The van der Waals surface area contributed by atoms with Crippen molar-refractivity contribution in [3.63, 3.8) is 0 Å². The molecule has 1 aliphatic rings. The van der Waals surface area contributed by atoms with E-state index in [-0.39, 0.29) is 11.7 Å². The number of primary sulfonamides is 1. The maximum absolute atomic E-state index is 11.6. The van der Waals surface area contributed by atoms with Crippen molar-refractivity contribution >= 4 is 27.1 Å². The van der Waals surface area contributed by atoms with Gasteiger partial charge in [-0.1, -0.05) is 24.3 Å². The lowest BCUT2D eigenvalue weighted by Gasteiger charge is -2.19. The Morgan fingerprint density at radius 1 is 1.16 bits per heavy atom. The van der Waals surface area contributed by atoms with E-state index >= 15 is 0 Å². The molecule has 132 valence electrons. The van der Waals surface area contributed by atoms with Crippen molar-refractivity contribution in [1.29, 1.82) is 0 Å². The molecule has 0 radical (unpaired) electrons. The highest BCUT2D eigenvalue weighted by Gasteiger charge is 2.29.